The van der Waals surface area contributed by atoms with Gasteiger partial charge < -0.3 is 25.8 Å². The van der Waals surface area contributed by atoms with Crippen molar-refractivity contribution in [3.63, 3.8) is 0 Å². The van der Waals surface area contributed by atoms with Crippen LogP contribution < -0.4 is 20.7 Å². The van der Waals surface area contributed by atoms with Gasteiger partial charge in [0.15, 0.2) is 17.5 Å². The van der Waals surface area contributed by atoms with Crippen molar-refractivity contribution >= 4 is 69.5 Å². The lowest BCUT2D eigenvalue weighted by Gasteiger charge is -2.15. The number of aliphatic carboxylic acids is 1. The largest absolute Gasteiger partial charge is 0.479 e. The normalized spacial score (nSPS) is 10.0. The number of carbonyl (C=O) groups excluding carboxylic acids is 1. The van der Waals surface area contributed by atoms with Crippen LogP contribution in [0.4, 0.5) is 17.1 Å². The summed E-state index contributed by atoms with van der Waals surface area (Å²) in [6, 6.07) is 10.0. The Bertz CT molecular complexity index is 869. The Kier molecular flexibility index (Phi) is 7.23. The monoisotopic (exact) mass is 427 g/mol. The number of hydrogen-bond acceptors (Lipinski definition) is 4. The molecule has 0 unspecified atom stereocenters. The quantitative estimate of drug-likeness (QED) is 0.511. The lowest BCUT2D eigenvalue weighted by molar-refractivity contribution is -0.139. The first-order valence-corrected chi connectivity index (χ1v) is 8.71. The van der Waals surface area contributed by atoms with Gasteiger partial charge in [-0.25, -0.2) is 4.79 Å². The van der Waals surface area contributed by atoms with E-state index in [0.29, 0.717) is 17.1 Å². The Morgan fingerprint density at radius 2 is 1.63 bits per heavy atom. The van der Waals surface area contributed by atoms with Gasteiger partial charge in [-0.1, -0.05) is 35.3 Å². The third-order valence-corrected chi connectivity index (χ3v) is 3.85. The van der Waals surface area contributed by atoms with Gasteiger partial charge in [0.2, 0.25) is 5.91 Å². The molecule has 0 spiro atoms. The van der Waals surface area contributed by atoms with Crippen LogP contribution in [0.5, 0.6) is 5.75 Å². The SMILES string of the molecule is CC(=O)Nc1ccccc1NC(=S)Nc1cc(Cl)c(OCC(=O)O)c(Cl)c1. The van der Waals surface area contributed by atoms with Crippen LogP contribution in [0.15, 0.2) is 36.4 Å². The van der Waals surface area contributed by atoms with Crippen molar-refractivity contribution in [1.29, 1.82) is 0 Å². The van der Waals surface area contributed by atoms with Crippen molar-refractivity contribution in [2.75, 3.05) is 22.6 Å². The molecular formula is C17H15Cl2N3O4S. The second kappa shape index (κ2) is 9.40. The van der Waals surface area contributed by atoms with Crippen LogP contribution in [0.1, 0.15) is 6.92 Å². The van der Waals surface area contributed by atoms with E-state index in [-0.39, 0.29) is 26.8 Å². The highest BCUT2D eigenvalue weighted by atomic mass is 35.5. The third kappa shape index (κ3) is 6.28. The Labute approximate surface area is 170 Å². The molecule has 10 heteroatoms. The standard InChI is InChI=1S/C17H15Cl2N3O4S/c1-9(23)20-13-4-2-3-5-14(13)22-17(27)21-10-6-11(18)16(12(19)7-10)26-8-15(24)25/h2-7H,8H2,1H3,(H,20,23)(H,24,25)(H2,21,22,27). The maximum absolute atomic E-state index is 11.3. The summed E-state index contributed by atoms with van der Waals surface area (Å²) in [7, 11) is 0. The van der Waals surface area contributed by atoms with E-state index in [4.69, 9.17) is 45.3 Å². The van der Waals surface area contributed by atoms with Crippen LogP contribution >= 0.6 is 35.4 Å². The molecule has 142 valence electrons. The van der Waals surface area contributed by atoms with Gasteiger partial charge in [-0.05, 0) is 36.5 Å². The van der Waals surface area contributed by atoms with Gasteiger partial charge in [-0.2, -0.15) is 0 Å². The van der Waals surface area contributed by atoms with E-state index in [9.17, 15) is 9.59 Å². The number of rotatable bonds is 6. The van der Waals surface area contributed by atoms with E-state index in [0.717, 1.165) is 0 Å². The highest BCUT2D eigenvalue weighted by Gasteiger charge is 2.13. The van der Waals surface area contributed by atoms with Gasteiger partial charge in [0.1, 0.15) is 0 Å². The van der Waals surface area contributed by atoms with Crippen LogP contribution in [0.25, 0.3) is 0 Å². The van der Waals surface area contributed by atoms with Crippen molar-refractivity contribution < 1.29 is 19.4 Å². The molecule has 0 saturated carbocycles. The fraction of sp³-hybridized carbons (Fsp3) is 0.118. The molecule has 0 atom stereocenters. The molecule has 4 N–H and O–H groups in total. The number of hydrogen-bond donors (Lipinski definition) is 4. The number of anilines is 3. The Morgan fingerprint density at radius 3 is 2.15 bits per heavy atom. The molecule has 2 aromatic carbocycles. The molecule has 0 fully saturated rings. The Balaban J connectivity index is 2.10. The molecule has 0 bridgehead atoms. The molecule has 7 nitrogen and oxygen atoms in total. The first kappa shape index (κ1) is 20.8. The van der Waals surface area contributed by atoms with E-state index in [1.54, 1.807) is 24.3 Å². The minimum absolute atomic E-state index is 0.0705. The van der Waals surface area contributed by atoms with Crippen molar-refractivity contribution in [3.8, 4) is 5.75 Å². The minimum Gasteiger partial charge on any atom is -0.479 e. The van der Waals surface area contributed by atoms with Crippen LogP contribution in [-0.4, -0.2) is 28.7 Å². The number of ether oxygens (including phenoxy) is 1. The summed E-state index contributed by atoms with van der Waals surface area (Å²) < 4.78 is 5.06. The number of nitrogens with one attached hydrogen (secondary N) is 3. The van der Waals surface area contributed by atoms with Crippen molar-refractivity contribution in [3.05, 3.63) is 46.4 Å². The minimum atomic E-state index is -1.15. The Morgan fingerprint density at radius 1 is 1.07 bits per heavy atom. The zero-order valence-electron chi connectivity index (χ0n) is 14.0. The topological polar surface area (TPSA) is 99.7 Å². The van der Waals surface area contributed by atoms with E-state index >= 15 is 0 Å². The second-order valence-corrected chi connectivity index (χ2v) is 6.48. The molecule has 0 radical (unpaired) electrons. The number of thiocarbonyl (C=S) groups is 1. The zero-order chi connectivity index (χ0) is 20.0. The molecule has 0 aliphatic heterocycles. The number of carboxylic acid groups (broad SMARTS) is 1. The molecule has 27 heavy (non-hydrogen) atoms. The second-order valence-electron chi connectivity index (χ2n) is 5.26. The molecule has 0 heterocycles. The fourth-order valence-corrected chi connectivity index (χ4v) is 2.90. The van der Waals surface area contributed by atoms with Crippen LogP contribution in [0, 0.1) is 0 Å². The van der Waals surface area contributed by atoms with E-state index < -0.39 is 12.6 Å². The van der Waals surface area contributed by atoms with Crippen molar-refractivity contribution in [1.82, 2.24) is 0 Å². The lowest BCUT2D eigenvalue weighted by atomic mass is 10.2. The molecule has 2 aromatic rings. The average Bonchev–Trinajstić information content (AvgIpc) is 2.55. The zero-order valence-corrected chi connectivity index (χ0v) is 16.3. The summed E-state index contributed by atoms with van der Waals surface area (Å²) >= 11 is 17.4. The summed E-state index contributed by atoms with van der Waals surface area (Å²) in [5.41, 5.74) is 1.65. The van der Waals surface area contributed by atoms with Crippen LogP contribution in [0.2, 0.25) is 10.0 Å². The molecule has 0 aliphatic rings. The molecule has 1 amide bonds. The van der Waals surface area contributed by atoms with Gasteiger partial charge >= 0.3 is 5.97 Å². The number of para-hydroxylation sites is 2. The summed E-state index contributed by atoms with van der Waals surface area (Å²) in [6.07, 6.45) is 0. The van der Waals surface area contributed by atoms with Gasteiger partial charge in [0.05, 0.1) is 21.4 Å². The number of amides is 1. The maximum Gasteiger partial charge on any atom is 0.341 e. The molecule has 0 aliphatic carbocycles. The predicted molar refractivity (Wildman–Crippen MR) is 110 cm³/mol. The van der Waals surface area contributed by atoms with E-state index in [1.807, 2.05) is 0 Å². The number of halogens is 2. The number of carboxylic acids is 1. The molecular weight excluding hydrogens is 413 g/mol. The average molecular weight is 428 g/mol. The summed E-state index contributed by atoms with van der Waals surface area (Å²) in [5, 5.41) is 17.7. The predicted octanol–water partition coefficient (Wildman–Crippen LogP) is 4.22. The first-order chi connectivity index (χ1) is 12.8. The van der Waals surface area contributed by atoms with Gasteiger partial charge in [0, 0.05) is 12.6 Å². The summed E-state index contributed by atoms with van der Waals surface area (Å²) in [6.45, 7) is 0.845. The number of carbonyl (C=O) groups is 2. The van der Waals surface area contributed by atoms with Crippen molar-refractivity contribution in [2.45, 2.75) is 6.92 Å². The fourth-order valence-electron chi connectivity index (χ4n) is 2.08. The van der Waals surface area contributed by atoms with Crippen molar-refractivity contribution in [2.24, 2.45) is 0 Å². The third-order valence-electron chi connectivity index (χ3n) is 3.08. The van der Waals surface area contributed by atoms with Crippen LogP contribution in [0.3, 0.4) is 0 Å². The van der Waals surface area contributed by atoms with E-state index in [1.165, 1.54) is 19.1 Å². The van der Waals surface area contributed by atoms with Gasteiger partial charge in [-0.3, -0.25) is 4.79 Å². The highest BCUT2D eigenvalue weighted by molar-refractivity contribution is 7.80. The maximum atomic E-state index is 11.3. The van der Waals surface area contributed by atoms with E-state index in [2.05, 4.69) is 16.0 Å². The summed E-state index contributed by atoms with van der Waals surface area (Å²) in [5.74, 6) is -1.28. The lowest BCUT2D eigenvalue weighted by Crippen LogP contribution is -2.20. The molecule has 0 saturated heterocycles. The first-order valence-electron chi connectivity index (χ1n) is 7.54. The Hall–Kier alpha value is -2.55. The van der Waals surface area contributed by atoms with Gasteiger partial charge in [-0.15, -0.1) is 0 Å². The number of benzene rings is 2. The molecule has 2 rings (SSSR count). The highest BCUT2D eigenvalue weighted by Crippen LogP contribution is 2.36. The van der Waals surface area contributed by atoms with Crippen LogP contribution in [-0.2, 0) is 9.59 Å². The smallest absolute Gasteiger partial charge is 0.341 e. The summed E-state index contributed by atoms with van der Waals surface area (Å²) in [4.78, 5) is 21.9. The van der Waals surface area contributed by atoms with Gasteiger partial charge in [0.25, 0.3) is 0 Å². The molecule has 0 aromatic heterocycles.